The number of nitrogens with zero attached hydrogens (tertiary/aromatic N) is 2. The van der Waals surface area contributed by atoms with Gasteiger partial charge in [-0.2, -0.15) is 13.2 Å². The molecule has 0 radical (unpaired) electrons. The molecule has 1 heterocycles. The van der Waals surface area contributed by atoms with Crippen molar-refractivity contribution in [2.45, 2.75) is 11.1 Å². The molecule has 1 aromatic carbocycles. The molecule has 1 aromatic heterocycles. The number of nitrogens with two attached hydrogens (primary N) is 1. The number of aromatic nitrogens is 2. The van der Waals surface area contributed by atoms with Gasteiger partial charge in [-0.3, -0.25) is 0 Å². The standard InChI is InChI=1S/C11H8F3N3O2S/c12-11(13,14)9-5-6-16-10(17-9)7-3-1-2-4-8(7)20(15,18)19/h1-6H,(H2,15,18,19). The Kier molecular flexibility index (Phi) is 3.48. The molecular formula is C11H8F3N3O2S. The quantitative estimate of drug-likeness (QED) is 0.916. The van der Waals surface area contributed by atoms with Gasteiger partial charge in [-0.05, 0) is 18.2 Å². The van der Waals surface area contributed by atoms with Crippen LogP contribution in [0, 0.1) is 0 Å². The molecule has 0 fully saturated rings. The van der Waals surface area contributed by atoms with Gasteiger partial charge in [-0.1, -0.05) is 12.1 Å². The van der Waals surface area contributed by atoms with E-state index in [9.17, 15) is 21.6 Å². The predicted molar refractivity (Wildman–Crippen MR) is 63.8 cm³/mol. The van der Waals surface area contributed by atoms with Crippen molar-refractivity contribution in [3.63, 3.8) is 0 Å². The van der Waals surface area contributed by atoms with Crippen LogP contribution in [0.15, 0.2) is 41.4 Å². The normalized spacial score (nSPS) is 12.4. The van der Waals surface area contributed by atoms with Crippen molar-refractivity contribution in [1.29, 1.82) is 0 Å². The fourth-order valence-electron chi connectivity index (χ4n) is 1.55. The van der Waals surface area contributed by atoms with E-state index in [1.165, 1.54) is 24.3 Å². The van der Waals surface area contributed by atoms with Gasteiger partial charge in [0.1, 0.15) is 5.69 Å². The fourth-order valence-corrected chi connectivity index (χ4v) is 2.28. The van der Waals surface area contributed by atoms with Crippen LogP contribution in [0.1, 0.15) is 5.69 Å². The summed E-state index contributed by atoms with van der Waals surface area (Å²) in [5.41, 5.74) is -1.24. The third kappa shape index (κ3) is 2.94. The van der Waals surface area contributed by atoms with E-state index in [0.717, 1.165) is 6.20 Å². The third-order valence-electron chi connectivity index (χ3n) is 2.38. The minimum absolute atomic E-state index is 0.0823. The number of halogens is 3. The third-order valence-corrected chi connectivity index (χ3v) is 3.35. The summed E-state index contributed by atoms with van der Waals surface area (Å²) in [6.45, 7) is 0. The summed E-state index contributed by atoms with van der Waals surface area (Å²) < 4.78 is 60.6. The molecule has 2 N–H and O–H groups in total. The van der Waals surface area contributed by atoms with Crippen molar-refractivity contribution in [2.24, 2.45) is 5.14 Å². The van der Waals surface area contributed by atoms with Crippen molar-refractivity contribution in [3.8, 4) is 11.4 Å². The first-order chi connectivity index (χ1) is 9.19. The van der Waals surface area contributed by atoms with Gasteiger partial charge in [-0.15, -0.1) is 0 Å². The maximum atomic E-state index is 12.6. The molecule has 9 heteroatoms. The topological polar surface area (TPSA) is 85.9 Å². The van der Waals surface area contributed by atoms with Gasteiger partial charge in [0.25, 0.3) is 0 Å². The maximum absolute atomic E-state index is 12.6. The van der Waals surface area contributed by atoms with E-state index in [1.807, 2.05) is 0 Å². The summed E-state index contributed by atoms with van der Waals surface area (Å²) >= 11 is 0. The number of benzene rings is 1. The van der Waals surface area contributed by atoms with Crippen LogP contribution < -0.4 is 5.14 Å². The molecule has 0 spiro atoms. The summed E-state index contributed by atoms with van der Waals surface area (Å²) in [4.78, 5) is 6.66. The lowest BCUT2D eigenvalue weighted by atomic mass is 10.2. The monoisotopic (exact) mass is 303 g/mol. The molecule has 5 nitrogen and oxygen atoms in total. The SMILES string of the molecule is NS(=O)(=O)c1ccccc1-c1nccc(C(F)(F)F)n1. The smallest absolute Gasteiger partial charge is 0.237 e. The predicted octanol–water partition coefficient (Wildman–Crippen LogP) is 1.81. The average molecular weight is 303 g/mol. The highest BCUT2D eigenvalue weighted by Gasteiger charge is 2.33. The molecule has 0 amide bonds. The molecule has 0 aliphatic carbocycles. The van der Waals surface area contributed by atoms with E-state index in [-0.39, 0.29) is 16.3 Å². The van der Waals surface area contributed by atoms with E-state index in [1.54, 1.807) is 0 Å². The van der Waals surface area contributed by atoms with Crippen molar-refractivity contribution in [1.82, 2.24) is 9.97 Å². The van der Waals surface area contributed by atoms with E-state index in [4.69, 9.17) is 5.14 Å². The molecule has 0 aliphatic rings. The van der Waals surface area contributed by atoms with E-state index >= 15 is 0 Å². The number of alkyl halides is 3. The van der Waals surface area contributed by atoms with Crippen molar-refractivity contribution >= 4 is 10.0 Å². The minimum atomic E-state index is -4.64. The molecule has 0 bridgehead atoms. The average Bonchev–Trinajstić information content (AvgIpc) is 2.37. The maximum Gasteiger partial charge on any atom is 0.433 e. The Balaban J connectivity index is 2.65. The minimum Gasteiger partial charge on any atom is -0.237 e. The lowest BCUT2D eigenvalue weighted by Crippen LogP contribution is -2.14. The molecule has 2 rings (SSSR count). The van der Waals surface area contributed by atoms with Crippen LogP contribution >= 0.6 is 0 Å². The van der Waals surface area contributed by atoms with Crippen LogP contribution in [0.3, 0.4) is 0 Å². The summed E-state index contributed by atoms with van der Waals surface area (Å²) in [5.74, 6) is -0.357. The van der Waals surface area contributed by atoms with Crippen molar-refractivity contribution in [3.05, 3.63) is 42.2 Å². The lowest BCUT2D eigenvalue weighted by molar-refractivity contribution is -0.141. The number of hydrogen-bond donors (Lipinski definition) is 1. The molecular weight excluding hydrogens is 295 g/mol. The van der Waals surface area contributed by atoms with Gasteiger partial charge in [0, 0.05) is 11.8 Å². The largest absolute Gasteiger partial charge is 0.433 e. The first kappa shape index (κ1) is 14.4. The molecule has 2 aromatic rings. The Morgan fingerprint density at radius 2 is 1.75 bits per heavy atom. The second-order valence-electron chi connectivity index (χ2n) is 3.80. The van der Waals surface area contributed by atoms with Gasteiger partial charge < -0.3 is 0 Å². The van der Waals surface area contributed by atoms with Gasteiger partial charge in [0.15, 0.2) is 5.82 Å². The highest BCUT2D eigenvalue weighted by Crippen LogP contribution is 2.30. The Labute approximate surface area is 112 Å². The van der Waals surface area contributed by atoms with E-state index in [0.29, 0.717) is 6.07 Å². The molecule has 0 saturated heterocycles. The van der Waals surface area contributed by atoms with Crippen LogP contribution in [0.2, 0.25) is 0 Å². The highest BCUT2D eigenvalue weighted by molar-refractivity contribution is 7.89. The molecule has 0 unspecified atom stereocenters. The first-order valence-electron chi connectivity index (χ1n) is 5.22. The Hall–Kier alpha value is -2.00. The molecule has 20 heavy (non-hydrogen) atoms. The van der Waals surface area contributed by atoms with Gasteiger partial charge in [0.2, 0.25) is 10.0 Å². The Morgan fingerprint density at radius 1 is 1.10 bits per heavy atom. The molecule has 0 atom stereocenters. The van der Waals surface area contributed by atoms with E-state index in [2.05, 4.69) is 9.97 Å². The van der Waals surface area contributed by atoms with Gasteiger partial charge in [-0.25, -0.2) is 23.5 Å². The van der Waals surface area contributed by atoms with Crippen LogP contribution in [0.5, 0.6) is 0 Å². The van der Waals surface area contributed by atoms with Crippen LogP contribution in [-0.4, -0.2) is 18.4 Å². The summed E-state index contributed by atoms with van der Waals surface area (Å²) in [6, 6.07) is 6.01. The van der Waals surface area contributed by atoms with Crippen LogP contribution in [0.4, 0.5) is 13.2 Å². The number of sulfonamides is 1. The molecule has 106 valence electrons. The summed E-state index contributed by atoms with van der Waals surface area (Å²) in [7, 11) is -4.09. The van der Waals surface area contributed by atoms with E-state index < -0.39 is 21.9 Å². The summed E-state index contributed by atoms with van der Waals surface area (Å²) in [5, 5.41) is 5.01. The molecule has 0 saturated carbocycles. The Morgan fingerprint density at radius 3 is 2.35 bits per heavy atom. The summed E-state index contributed by atoms with van der Waals surface area (Å²) in [6.07, 6.45) is -3.74. The van der Waals surface area contributed by atoms with Gasteiger partial charge in [0.05, 0.1) is 4.90 Å². The zero-order valence-corrected chi connectivity index (χ0v) is 10.6. The van der Waals surface area contributed by atoms with Crippen molar-refractivity contribution < 1.29 is 21.6 Å². The highest BCUT2D eigenvalue weighted by atomic mass is 32.2. The van der Waals surface area contributed by atoms with Crippen LogP contribution in [0.25, 0.3) is 11.4 Å². The van der Waals surface area contributed by atoms with Crippen molar-refractivity contribution in [2.75, 3.05) is 0 Å². The van der Waals surface area contributed by atoms with Gasteiger partial charge >= 0.3 is 6.18 Å². The number of primary sulfonamides is 1. The number of rotatable bonds is 2. The number of hydrogen-bond acceptors (Lipinski definition) is 4. The molecule has 0 aliphatic heterocycles. The first-order valence-corrected chi connectivity index (χ1v) is 6.76. The van der Waals surface area contributed by atoms with Crippen LogP contribution in [-0.2, 0) is 16.2 Å². The second kappa shape index (κ2) is 4.84. The zero-order chi connectivity index (χ0) is 15.0. The zero-order valence-electron chi connectivity index (χ0n) is 9.79. The Bertz CT molecular complexity index is 745. The fraction of sp³-hybridized carbons (Fsp3) is 0.0909. The second-order valence-corrected chi connectivity index (χ2v) is 5.33. The lowest BCUT2D eigenvalue weighted by Gasteiger charge is -2.09.